The first-order valence-electron chi connectivity index (χ1n) is 12.2. The molecule has 1 aliphatic rings. The number of fused-ring (bicyclic) bond motifs is 1. The summed E-state index contributed by atoms with van der Waals surface area (Å²) in [5.74, 6) is 2.03. The van der Waals surface area contributed by atoms with E-state index in [1.54, 1.807) is 25.3 Å². The van der Waals surface area contributed by atoms with Crippen LogP contribution in [0.25, 0.3) is 6.08 Å². The van der Waals surface area contributed by atoms with Crippen molar-refractivity contribution < 1.29 is 24.5 Å². The second-order valence-electron chi connectivity index (χ2n) is 9.07. The summed E-state index contributed by atoms with van der Waals surface area (Å²) < 4.78 is 10.8. The van der Waals surface area contributed by atoms with E-state index >= 15 is 0 Å². The van der Waals surface area contributed by atoms with E-state index in [1.807, 2.05) is 25.1 Å². The van der Waals surface area contributed by atoms with Crippen molar-refractivity contribution in [3.8, 4) is 11.5 Å². The smallest absolute Gasteiger partial charge is 0.213 e. The van der Waals surface area contributed by atoms with Gasteiger partial charge < -0.3 is 29.5 Å². The number of aliphatic hydroxyl groups excluding tert-OH is 2. The third kappa shape index (κ3) is 6.42. The SMILES string of the molecule is CCc1cc(CO)c(CO)cc1/C=C\N(C=O)CCCN(C)C[C@H]1Cc2cc(OC)c(OC)cc21. The van der Waals surface area contributed by atoms with E-state index < -0.39 is 0 Å². The summed E-state index contributed by atoms with van der Waals surface area (Å²) in [4.78, 5) is 15.6. The Bertz CT molecular complexity index is 1040. The van der Waals surface area contributed by atoms with Crippen LogP contribution in [0.2, 0.25) is 0 Å². The summed E-state index contributed by atoms with van der Waals surface area (Å²) in [5, 5.41) is 19.1. The van der Waals surface area contributed by atoms with Crippen LogP contribution in [0.5, 0.6) is 11.5 Å². The molecule has 2 N–H and O–H groups in total. The molecule has 0 spiro atoms. The zero-order valence-corrected chi connectivity index (χ0v) is 21.3. The number of likely N-dealkylation sites (N-methyl/N-ethyl adjacent to an activating group) is 1. The normalized spacial score (nSPS) is 14.7. The van der Waals surface area contributed by atoms with Gasteiger partial charge in [-0.05, 0) is 90.5 Å². The molecule has 1 amide bonds. The first-order chi connectivity index (χ1) is 17.0. The van der Waals surface area contributed by atoms with Crippen LogP contribution in [0, 0.1) is 0 Å². The molecule has 7 heteroatoms. The fourth-order valence-corrected chi connectivity index (χ4v) is 4.75. The predicted octanol–water partition coefficient (Wildman–Crippen LogP) is 3.34. The number of hydrogen-bond acceptors (Lipinski definition) is 6. The summed E-state index contributed by atoms with van der Waals surface area (Å²) in [6, 6.07) is 7.98. The van der Waals surface area contributed by atoms with Crippen LogP contribution in [0.15, 0.2) is 30.5 Å². The molecule has 0 saturated carbocycles. The van der Waals surface area contributed by atoms with Crippen LogP contribution >= 0.6 is 0 Å². The van der Waals surface area contributed by atoms with Gasteiger partial charge in [-0.1, -0.05) is 13.0 Å². The molecule has 0 aromatic heterocycles. The molecule has 0 heterocycles. The molecule has 2 aromatic rings. The first-order valence-corrected chi connectivity index (χ1v) is 12.2. The number of hydrogen-bond donors (Lipinski definition) is 2. The summed E-state index contributed by atoms with van der Waals surface area (Å²) in [7, 11) is 5.44. The Morgan fingerprint density at radius 1 is 1.00 bits per heavy atom. The Kier molecular flexibility index (Phi) is 9.72. The number of nitrogens with zero attached hydrogens (tertiary/aromatic N) is 2. The lowest BCUT2D eigenvalue weighted by Crippen LogP contribution is -2.32. The number of amides is 1. The van der Waals surface area contributed by atoms with E-state index in [-0.39, 0.29) is 13.2 Å². The molecule has 0 fully saturated rings. The number of methoxy groups -OCH3 is 2. The van der Waals surface area contributed by atoms with Gasteiger partial charge >= 0.3 is 0 Å². The minimum atomic E-state index is -0.129. The number of carbonyl (C=O) groups excluding carboxylic acids is 1. The maximum absolute atomic E-state index is 11.6. The number of aliphatic hydroxyl groups is 2. The maximum atomic E-state index is 11.6. The highest BCUT2D eigenvalue weighted by Crippen LogP contribution is 2.42. The molecular formula is C28H38N2O5. The van der Waals surface area contributed by atoms with Crippen molar-refractivity contribution in [1.29, 1.82) is 0 Å². The molecule has 2 aromatic carbocycles. The van der Waals surface area contributed by atoms with Crippen molar-refractivity contribution in [3.63, 3.8) is 0 Å². The van der Waals surface area contributed by atoms with Gasteiger partial charge in [0.25, 0.3) is 0 Å². The Labute approximate surface area is 208 Å². The van der Waals surface area contributed by atoms with Gasteiger partial charge in [-0.25, -0.2) is 0 Å². The monoisotopic (exact) mass is 482 g/mol. The Balaban J connectivity index is 1.52. The van der Waals surface area contributed by atoms with Crippen molar-refractivity contribution in [3.05, 3.63) is 63.8 Å². The van der Waals surface area contributed by atoms with Crippen molar-refractivity contribution in [2.75, 3.05) is 40.9 Å². The van der Waals surface area contributed by atoms with Crippen molar-refractivity contribution >= 4 is 12.5 Å². The molecule has 0 bridgehead atoms. The summed E-state index contributed by atoms with van der Waals surface area (Å²) in [6.07, 6.45) is 7.24. The summed E-state index contributed by atoms with van der Waals surface area (Å²) >= 11 is 0. The van der Waals surface area contributed by atoms with Gasteiger partial charge in [0, 0.05) is 25.2 Å². The lowest BCUT2D eigenvalue weighted by Gasteiger charge is -2.34. The van der Waals surface area contributed by atoms with Gasteiger partial charge in [-0.2, -0.15) is 0 Å². The molecule has 0 radical (unpaired) electrons. The average molecular weight is 483 g/mol. The average Bonchev–Trinajstić information content (AvgIpc) is 2.88. The zero-order valence-electron chi connectivity index (χ0n) is 21.3. The lowest BCUT2D eigenvalue weighted by molar-refractivity contribution is -0.115. The Morgan fingerprint density at radius 2 is 1.69 bits per heavy atom. The molecule has 0 unspecified atom stereocenters. The number of carbonyl (C=O) groups is 1. The van der Waals surface area contributed by atoms with Gasteiger partial charge in [-0.15, -0.1) is 0 Å². The van der Waals surface area contributed by atoms with Gasteiger partial charge in [0.1, 0.15) is 0 Å². The second kappa shape index (κ2) is 12.7. The Hall–Kier alpha value is -2.87. The number of benzene rings is 2. The van der Waals surface area contributed by atoms with E-state index in [0.717, 1.165) is 67.0 Å². The highest BCUT2D eigenvalue weighted by Gasteiger charge is 2.29. The zero-order chi connectivity index (χ0) is 25.4. The van der Waals surface area contributed by atoms with Crippen molar-refractivity contribution in [2.45, 2.75) is 45.3 Å². The minimum absolute atomic E-state index is 0.102. The molecule has 3 rings (SSSR count). The van der Waals surface area contributed by atoms with Crippen molar-refractivity contribution in [2.24, 2.45) is 0 Å². The van der Waals surface area contributed by atoms with Crippen LogP contribution in [-0.2, 0) is 30.8 Å². The van der Waals surface area contributed by atoms with Crippen LogP contribution in [0.3, 0.4) is 0 Å². The minimum Gasteiger partial charge on any atom is -0.493 e. The quantitative estimate of drug-likeness (QED) is 0.402. The van der Waals surface area contributed by atoms with Gasteiger partial charge in [0.15, 0.2) is 11.5 Å². The van der Waals surface area contributed by atoms with E-state index in [2.05, 4.69) is 24.1 Å². The van der Waals surface area contributed by atoms with Crippen LogP contribution < -0.4 is 9.47 Å². The van der Waals surface area contributed by atoms with Crippen LogP contribution in [0.4, 0.5) is 0 Å². The molecule has 0 saturated heterocycles. The molecule has 1 aliphatic carbocycles. The maximum Gasteiger partial charge on any atom is 0.213 e. The molecule has 35 heavy (non-hydrogen) atoms. The van der Waals surface area contributed by atoms with E-state index in [4.69, 9.17) is 9.47 Å². The van der Waals surface area contributed by atoms with Gasteiger partial charge in [0.2, 0.25) is 6.41 Å². The topological polar surface area (TPSA) is 82.5 Å². The lowest BCUT2D eigenvalue weighted by atomic mass is 9.77. The molecule has 0 aliphatic heterocycles. The number of aryl methyl sites for hydroxylation is 1. The Morgan fingerprint density at radius 3 is 2.31 bits per heavy atom. The fourth-order valence-electron chi connectivity index (χ4n) is 4.75. The molecule has 7 nitrogen and oxygen atoms in total. The number of ether oxygens (including phenoxy) is 2. The standard InChI is InChI=1S/C28H38N2O5/c1-5-20-11-24(17-31)25(18-32)12-21(20)7-10-30(19-33)9-6-8-29(2)16-23-13-22-14-27(34-3)28(35-4)15-26(22)23/h7,10-12,14-15,19,23,31-32H,5-6,8-9,13,16-18H2,1-4H3/b10-7-/t23-/m1/s1. The van der Waals surface area contributed by atoms with E-state index in [9.17, 15) is 15.0 Å². The second-order valence-corrected chi connectivity index (χ2v) is 9.07. The van der Waals surface area contributed by atoms with Gasteiger partial charge in [0.05, 0.1) is 27.4 Å². The summed E-state index contributed by atoms with van der Waals surface area (Å²) in [6.45, 7) is 4.29. The van der Waals surface area contributed by atoms with E-state index in [0.29, 0.717) is 18.0 Å². The number of rotatable bonds is 14. The highest BCUT2D eigenvalue weighted by atomic mass is 16.5. The van der Waals surface area contributed by atoms with Crippen LogP contribution in [-0.4, -0.2) is 67.3 Å². The van der Waals surface area contributed by atoms with Crippen molar-refractivity contribution in [1.82, 2.24) is 9.80 Å². The molecule has 1 atom stereocenters. The van der Waals surface area contributed by atoms with E-state index in [1.165, 1.54) is 11.1 Å². The third-order valence-electron chi connectivity index (χ3n) is 6.80. The van der Waals surface area contributed by atoms with Crippen LogP contribution in [0.1, 0.15) is 52.6 Å². The predicted molar refractivity (Wildman–Crippen MR) is 138 cm³/mol. The first kappa shape index (κ1) is 26.7. The molecule has 190 valence electrons. The molecular weight excluding hydrogens is 444 g/mol. The summed E-state index contributed by atoms with van der Waals surface area (Å²) in [5.41, 5.74) is 6.12. The fraction of sp³-hybridized carbons (Fsp3) is 0.464. The third-order valence-corrected chi connectivity index (χ3v) is 6.80. The van der Waals surface area contributed by atoms with Gasteiger partial charge in [-0.3, -0.25) is 4.79 Å². The highest BCUT2D eigenvalue weighted by molar-refractivity contribution is 5.60. The largest absolute Gasteiger partial charge is 0.493 e.